The second-order valence-electron chi connectivity index (χ2n) is 4.92. The van der Waals surface area contributed by atoms with E-state index in [1.807, 2.05) is 12.1 Å². The SMILES string of the molecule is CN(CC1CCCN1C)c1ccnc(C(N)=S)c1. The van der Waals surface area contributed by atoms with E-state index in [9.17, 15) is 0 Å². The van der Waals surface area contributed by atoms with Crippen LogP contribution >= 0.6 is 12.2 Å². The maximum Gasteiger partial charge on any atom is 0.122 e. The number of thiocarbonyl (C=S) groups is 1. The highest BCUT2D eigenvalue weighted by Crippen LogP contribution is 2.19. The van der Waals surface area contributed by atoms with Gasteiger partial charge in [-0.25, -0.2) is 0 Å². The summed E-state index contributed by atoms with van der Waals surface area (Å²) < 4.78 is 0. The number of likely N-dealkylation sites (tertiary alicyclic amines) is 1. The summed E-state index contributed by atoms with van der Waals surface area (Å²) in [6.07, 6.45) is 4.33. The van der Waals surface area contributed by atoms with Crippen molar-refractivity contribution in [3.8, 4) is 0 Å². The monoisotopic (exact) mass is 264 g/mol. The van der Waals surface area contributed by atoms with E-state index in [0.717, 1.165) is 12.2 Å². The molecule has 1 saturated heterocycles. The first kappa shape index (κ1) is 13.2. The third kappa shape index (κ3) is 2.97. The molecule has 1 fully saturated rings. The molecular formula is C13H20N4S. The lowest BCUT2D eigenvalue weighted by Crippen LogP contribution is -2.36. The third-order valence-corrected chi connectivity index (χ3v) is 3.80. The van der Waals surface area contributed by atoms with Crippen molar-refractivity contribution in [3.63, 3.8) is 0 Å². The molecule has 2 N–H and O–H groups in total. The van der Waals surface area contributed by atoms with Gasteiger partial charge in [0.2, 0.25) is 0 Å². The lowest BCUT2D eigenvalue weighted by atomic mass is 10.2. The summed E-state index contributed by atoms with van der Waals surface area (Å²) in [5, 5.41) is 0. The zero-order chi connectivity index (χ0) is 13.1. The molecule has 0 amide bonds. The fourth-order valence-corrected chi connectivity index (χ4v) is 2.53. The molecule has 0 spiro atoms. The smallest absolute Gasteiger partial charge is 0.122 e. The summed E-state index contributed by atoms with van der Waals surface area (Å²) in [5.74, 6) is 0. The number of likely N-dealkylation sites (N-methyl/N-ethyl adjacent to an activating group) is 2. The zero-order valence-corrected chi connectivity index (χ0v) is 11.8. The number of nitrogens with zero attached hydrogens (tertiary/aromatic N) is 3. The number of hydrogen-bond donors (Lipinski definition) is 1. The number of anilines is 1. The summed E-state index contributed by atoms with van der Waals surface area (Å²) in [6, 6.07) is 4.59. The summed E-state index contributed by atoms with van der Waals surface area (Å²) >= 11 is 4.96. The average Bonchev–Trinajstić information content (AvgIpc) is 2.75. The number of rotatable bonds is 4. The van der Waals surface area contributed by atoms with Gasteiger partial charge in [0.15, 0.2) is 0 Å². The predicted molar refractivity (Wildman–Crippen MR) is 79.0 cm³/mol. The van der Waals surface area contributed by atoms with E-state index >= 15 is 0 Å². The van der Waals surface area contributed by atoms with Crippen molar-refractivity contribution in [3.05, 3.63) is 24.0 Å². The van der Waals surface area contributed by atoms with Crippen LogP contribution in [0.3, 0.4) is 0 Å². The van der Waals surface area contributed by atoms with E-state index < -0.39 is 0 Å². The van der Waals surface area contributed by atoms with Crippen molar-refractivity contribution in [2.24, 2.45) is 5.73 Å². The van der Waals surface area contributed by atoms with Gasteiger partial charge >= 0.3 is 0 Å². The van der Waals surface area contributed by atoms with Gasteiger partial charge in [-0.15, -0.1) is 0 Å². The molecule has 1 aliphatic heterocycles. The first-order valence-electron chi connectivity index (χ1n) is 6.25. The van der Waals surface area contributed by atoms with Crippen LogP contribution < -0.4 is 10.6 Å². The lowest BCUT2D eigenvalue weighted by Gasteiger charge is -2.27. The van der Waals surface area contributed by atoms with E-state index in [2.05, 4.69) is 28.9 Å². The maximum absolute atomic E-state index is 5.61. The molecule has 4 nitrogen and oxygen atoms in total. The number of hydrogen-bond acceptors (Lipinski definition) is 4. The normalized spacial score (nSPS) is 20.0. The number of pyridine rings is 1. The Morgan fingerprint density at radius 2 is 2.44 bits per heavy atom. The summed E-state index contributed by atoms with van der Waals surface area (Å²) in [6.45, 7) is 2.23. The topological polar surface area (TPSA) is 45.4 Å². The van der Waals surface area contributed by atoms with Crippen LogP contribution in [0.5, 0.6) is 0 Å². The van der Waals surface area contributed by atoms with E-state index in [-0.39, 0.29) is 0 Å². The first-order valence-corrected chi connectivity index (χ1v) is 6.66. The Kier molecular flexibility index (Phi) is 4.14. The van der Waals surface area contributed by atoms with Crippen molar-refractivity contribution in [2.45, 2.75) is 18.9 Å². The van der Waals surface area contributed by atoms with Crippen LogP contribution in [0.4, 0.5) is 5.69 Å². The highest BCUT2D eigenvalue weighted by Gasteiger charge is 2.22. The molecule has 5 heteroatoms. The largest absolute Gasteiger partial charge is 0.388 e. The number of aromatic nitrogens is 1. The van der Waals surface area contributed by atoms with Gasteiger partial charge in [0.1, 0.15) is 4.99 Å². The number of nitrogens with two attached hydrogens (primary N) is 1. The molecule has 0 saturated carbocycles. The molecule has 0 aromatic carbocycles. The Bertz CT molecular complexity index is 435. The first-order chi connectivity index (χ1) is 8.58. The molecule has 1 atom stereocenters. The van der Waals surface area contributed by atoms with Crippen LogP contribution in [0.15, 0.2) is 18.3 Å². The molecule has 1 unspecified atom stereocenters. The van der Waals surface area contributed by atoms with Crippen molar-refractivity contribution < 1.29 is 0 Å². The quantitative estimate of drug-likeness (QED) is 0.829. The molecular weight excluding hydrogens is 244 g/mol. The van der Waals surface area contributed by atoms with Crippen LogP contribution in [0.1, 0.15) is 18.5 Å². The highest BCUT2D eigenvalue weighted by atomic mass is 32.1. The average molecular weight is 264 g/mol. The summed E-state index contributed by atoms with van der Waals surface area (Å²) in [4.78, 5) is 9.18. The molecule has 0 radical (unpaired) electrons. The predicted octanol–water partition coefficient (Wildman–Crippen LogP) is 1.25. The molecule has 98 valence electrons. The molecule has 18 heavy (non-hydrogen) atoms. The van der Waals surface area contributed by atoms with E-state index in [4.69, 9.17) is 18.0 Å². The highest BCUT2D eigenvalue weighted by molar-refractivity contribution is 7.80. The van der Waals surface area contributed by atoms with Gasteiger partial charge in [-0.1, -0.05) is 12.2 Å². The van der Waals surface area contributed by atoms with Crippen molar-refractivity contribution in [2.75, 3.05) is 32.1 Å². The van der Waals surface area contributed by atoms with Crippen molar-refractivity contribution in [1.82, 2.24) is 9.88 Å². The van der Waals surface area contributed by atoms with Gasteiger partial charge in [-0.3, -0.25) is 4.98 Å². The van der Waals surface area contributed by atoms with Gasteiger partial charge < -0.3 is 15.5 Å². The van der Waals surface area contributed by atoms with Crippen LogP contribution in [-0.4, -0.2) is 48.1 Å². The zero-order valence-electron chi connectivity index (χ0n) is 11.0. The Morgan fingerprint density at radius 1 is 1.67 bits per heavy atom. The molecule has 2 heterocycles. The Balaban J connectivity index is 2.06. The second-order valence-corrected chi connectivity index (χ2v) is 5.36. The van der Waals surface area contributed by atoms with Crippen LogP contribution in [0, 0.1) is 0 Å². The molecule has 0 aliphatic carbocycles. The van der Waals surface area contributed by atoms with E-state index in [0.29, 0.717) is 16.7 Å². The fraction of sp³-hybridized carbons (Fsp3) is 0.538. The third-order valence-electron chi connectivity index (χ3n) is 3.59. The standard InChI is InChI=1S/C13H20N4S/c1-16-7-3-4-11(16)9-17(2)10-5-6-15-12(8-10)13(14)18/h5-6,8,11H,3-4,7,9H2,1-2H3,(H2,14,18). The second kappa shape index (κ2) is 5.63. The van der Waals surface area contributed by atoms with Gasteiger partial charge in [0, 0.05) is 31.5 Å². The minimum absolute atomic E-state index is 0.350. The minimum Gasteiger partial charge on any atom is -0.388 e. The van der Waals surface area contributed by atoms with Crippen LogP contribution in [-0.2, 0) is 0 Å². The molecule has 1 aliphatic rings. The molecule has 1 aromatic rings. The van der Waals surface area contributed by atoms with Gasteiger partial charge in [0.05, 0.1) is 5.69 Å². The van der Waals surface area contributed by atoms with Gasteiger partial charge in [0.25, 0.3) is 0 Å². The Hall–Kier alpha value is -1.20. The van der Waals surface area contributed by atoms with Gasteiger partial charge in [-0.2, -0.15) is 0 Å². The fourth-order valence-electron chi connectivity index (χ4n) is 2.42. The Morgan fingerprint density at radius 3 is 3.06 bits per heavy atom. The minimum atomic E-state index is 0.350. The summed E-state index contributed by atoms with van der Waals surface area (Å²) in [5.41, 5.74) is 7.42. The van der Waals surface area contributed by atoms with Crippen LogP contribution in [0.25, 0.3) is 0 Å². The molecule has 0 bridgehead atoms. The lowest BCUT2D eigenvalue weighted by molar-refractivity contribution is 0.314. The molecule has 2 rings (SSSR count). The van der Waals surface area contributed by atoms with Crippen molar-refractivity contribution >= 4 is 22.9 Å². The van der Waals surface area contributed by atoms with Gasteiger partial charge in [-0.05, 0) is 38.6 Å². The van der Waals surface area contributed by atoms with Crippen molar-refractivity contribution in [1.29, 1.82) is 0 Å². The van der Waals surface area contributed by atoms with E-state index in [1.165, 1.54) is 19.4 Å². The van der Waals surface area contributed by atoms with Crippen LogP contribution in [0.2, 0.25) is 0 Å². The summed E-state index contributed by atoms with van der Waals surface area (Å²) in [7, 11) is 4.29. The maximum atomic E-state index is 5.61. The Labute approximate surface area is 114 Å². The van der Waals surface area contributed by atoms with E-state index in [1.54, 1.807) is 6.20 Å². The molecule has 1 aromatic heterocycles.